The maximum absolute atomic E-state index is 12.4. The van der Waals surface area contributed by atoms with Gasteiger partial charge in [-0.05, 0) is 43.2 Å². The molecule has 1 amide bonds. The molecule has 0 aliphatic rings. The number of carboxylic acid groups (broad SMARTS) is 1. The molecule has 2 rings (SSSR count). The quantitative estimate of drug-likeness (QED) is 0.717. The van der Waals surface area contributed by atoms with Gasteiger partial charge >= 0.3 is 5.97 Å². The Morgan fingerprint density at radius 1 is 1.12 bits per heavy atom. The molecule has 0 unspecified atom stereocenters. The minimum atomic E-state index is -1.01. The van der Waals surface area contributed by atoms with Gasteiger partial charge in [0.1, 0.15) is 5.75 Å². The Kier molecular flexibility index (Phi) is 7.09. The van der Waals surface area contributed by atoms with Crippen LogP contribution in [0.1, 0.15) is 16.7 Å². The third-order valence-corrected chi connectivity index (χ3v) is 4.97. The number of hydrogen-bond donors (Lipinski definition) is 1. The first-order chi connectivity index (χ1) is 12.3. The van der Waals surface area contributed by atoms with Crippen LogP contribution in [0.15, 0.2) is 47.4 Å². The summed E-state index contributed by atoms with van der Waals surface area (Å²) in [5.41, 5.74) is 3.36. The number of nitrogens with zero attached hydrogens (tertiary/aromatic N) is 1. The van der Waals surface area contributed by atoms with E-state index in [0.717, 1.165) is 10.5 Å². The number of benzene rings is 2. The third-order valence-electron chi connectivity index (χ3n) is 3.81. The third kappa shape index (κ3) is 6.11. The highest BCUT2D eigenvalue weighted by atomic mass is 32.2. The normalized spacial score (nSPS) is 10.4. The molecule has 138 valence electrons. The summed E-state index contributed by atoms with van der Waals surface area (Å²) in [5.74, 6) is -0.0716. The molecule has 0 aliphatic carbocycles. The summed E-state index contributed by atoms with van der Waals surface area (Å²) < 4.78 is 5.10. The molecule has 2 aromatic carbocycles. The highest BCUT2D eigenvalue weighted by Crippen LogP contribution is 2.23. The second-order valence-electron chi connectivity index (χ2n) is 6.13. The van der Waals surface area contributed by atoms with Crippen LogP contribution in [0.2, 0.25) is 0 Å². The topological polar surface area (TPSA) is 66.8 Å². The zero-order chi connectivity index (χ0) is 19.1. The van der Waals surface area contributed by atoms with E-state index in [1.54, 1.807) is 35.8 Å². The van der Waals surface area contributed by atoms with Gasteiger partial charge in [-0.25, -0.2) is 4.79 Å². The minimum Gasteiger partial charge on any atom is -0.482 e. The van der Waals surface area contributed by atoms with E-state index < -0.39 is 5.97 Å². The number of amides is 1. The number of rotatable bonds is 8. The van der Waals surface area contributed by atoms with Crippen LogP contribution in [0.4, 0.5) is 0 Å². The average molecular weight is 373 g/mol. The number of carbonyl (C=O) groups excluding carboxylic acids is 1. The van der Waals surface area contributed by atoms with E-state index in [-0.39, 0.29) is 12.5 Å². The lowest BCUT2D eigenvalue weighted by Crippen LogP contribution is -2.27. The maximum Gasteiger partial charge on any atom is 0.341 e. The Hall–Kier alpha value is -2.47. The van der Waals surface area contributed by atoms with Gasteiger partial charge < -0.3 is 14.7 Å². The second-order valence-corrected chi connectivity index (χ2v) is 7.15. The Morgan fingerprint density at radius 3 is 2.42 bits per heavy atom. The van der Waals surface area contributed by atoms with Crippen molar-refractivity contribution in [2.75, 3.05) is 19.4 Å². The summed E-state index contributed by atoms with van der Waals surface area (Å²) in [7, 11) is 1.78. The minimum absolute atomic E-state index is 0.0566. The molecule has 0 saturated carbocycles. The number of thioether (sulfide) groups is 1. The number of carbonyl (C=O) groups is 2. The number of ether oxygens (including phenoxy) is 1. The number of aliphatic carboxylic acids is 1. The van der Waals surface area contributed by atoms with Crippen LogP contribution < -0.4 is 4.74 Å². The van der Waals surface area contributed by atoms with Gasteiger partial charge in [-0.3, -0.25) is 4.79 Å². The molecule has 0 aromatic heterocycles. The van der Waals surface area contributed by atoms with Gasteiger partial charge in [0.2, 0.25) is 5.91 Å². The first-order valence-electron chi connectivity index (χ1n) is 8.22. The van der Waals surface area contributed by atoms with Crippen LogP contribution in [0.5, 0.6) is 5.75 Å². The van der Waals surface area contributed by atoms with Crippen molar-refractivity contribution < 1.29 is 19.4 Å². The Morgan fingerprint density at radius 2 is 1.81 bits per heavy atom. The van der Waals surface area contributed by atoms with Gasteiger partial charge in [-0.2, -0.15) is 0 Å². The Bertz CT molecular complexity index is 774. The lowest BCUT2D eigenvalue weighted by Gasteiger charge is -2.17. The van der Waals surface area contributed by atoms with Gasteiger partial charge in [-0.1, -0.05) is 29.8 Å². The van der Waals surface area contributed by atoms with Gasteiger partial charge in [0.25, 0.3) is 0 Å². The molecule has 1 N–H and O–H groups in total. The number of carboxylic acids is 1. The molecule has 0 aliphatic heterocycles. The molecule has 0 saturated heterocycles. The van der Waals surface area contributed by atoms with Gasteiger partial charge in [-0.15, -0.1) is 11.8 Å². The van der Waals surface area contributed by atoms with E-state index in [4.69, 9.17) is 9.84 Å². The number of hydrogen-bond acceptors (Lipinski definition) is 4. The van der Waals surface area contributed by atoms with Crippen LogP contribution in [0.3, 0.4) is 0 Å². The highest BCUT2D eigenvalue weighted by molar-refractivity contribution is 8.00. The standard InChI is InChI=1S/C20H23NO4S/c1-14-4-9-18(15(2)10-14)26-13-19(22)21(3)11-16-5-7-17(8-6-16)25-12-20(23)24/h4-10H,11-13H2,1-3H3,(H,23,24). The van der Waals surface area contributed by atoms with E-state index in [1.165, 1.54) is 11.1 Å². The van der Waals surface area contributed by atoms with Gasteiger partial charge in [0.15, 0.2) is 6.61 Å². The SMILES string of the molecule is Cc1ccc(SCC(=O)N(C)Cc2ccc(OCC(=O)O)cc2)c(C)c1. The summed E-state index contributed by atoms with van der Waals surface area (Å²) in [6, 6.07) is 13.3. The first kappa shape index (κ1) is 19.8. The van der Waals surface area contributed by atoms with Crippen LogP contribution in [0.25, 0.3) is 0 Å². The van der Waals surface area contributed by atoms with Crippen molar-refractivity contribution in [2.24, 2.45) is 0 Å². The van der Waals surface area contributed by atoms with Gasteiger partial charge in [0.05, 0.1) is 5.75 Å². The van der Waals surface area contributed by atoms with Crippen LogP contribution in [-0.2, 0) is 16.1 Å². The predicted octanol–water partition coefficient (Wildman–Crippen LogP) is 3.52. The molecule has 26 heavy (non-hydrogen) atoms. The monoisotopic (exact) mass is 373 g/mol. The molecule has 6 heteroatoms. The average Bonchev–Trinajstić information content (AvgIpc) is 2.60. The zero-order valence-electron chi connectivity index (χ0n) is 15.2. The first-order valence-corrected chi connectivity index (χ1v) is 9.21. The summed E-state index contributed by atoms with van der Waals surface area (Å²) >= 11 is 1.55. The van der Waals surface area contributed by atoms with Crippen molar-refractivity contribution in [3.05, 3.63) is 59.2 Å². The lowest BCUT2D eigenvalue weighted by atomic mass is 10.2. The van der Waals surface area contributed by atoms with Crippen molar-refractivity contribution in [3.63, 3.8) is 0 Å². The molecule has 2 aromatic rings. The summed E-state index contributed by atoms with van der Waals surface area (Å²) in [6.07, 6.45) is 0. The molecule has 0 radical (unpaired) electrons. The molecule has 0 spiro atoms. The van der Waals surface area contributed by atoms with Crippen molar-refractivity contribution in [1.82, 2.24) is 4.90 Å². The number of aryl methyl sites for hydroxylation is 2. The fourth-order valence-corrected chi connectivity index (χ4v) is 3.36. The van der Waals surface area contributed by atoms with Crippen molar-refractivity contribution in [2.45, 2.75) is 25.3 Å². The predicted molar refractivity (Wildman–Crippen MR) is 103 cm³/mol. The molecule has 0 atom stereocenters. The molecule has 0 fully saturated rings. The highest BCUT2D eigenvalue weighted by Gasteiger charge is 2.11. The Balaban J connectivity index is 1.85. The van der Waals surface area contributed by atoms with E-state index in [1.807, 2.05) is 12.1 Å². The fourth-order valence-electron chi connectivity index (χ4n) is 2.41. The maximum atomic E-state index is 12.4. The molecular formula is C20H23NO4S. The lowest BCUT2D eigenvalue weighted by molar-refractivity contribution is -0.139. The largest absolute Gasteiger partial charge is 0.482 e. The smallest absolute Gasteiger partial charge is 0.341 e. The van der Waals surface area contributed by atoms with E-state index in [9.17, 15) is 9.59 Å². The van der Waals surface area contributed by atoms with Crippen molar-refractivity contribution in [1.29, 1.82) is 0 Å². The summed E-state index contributed by atoms with van der Waals surface area (Å²) in [5, 5.41) is 8.60. The zero-order valence-corrected chi connectivity index (χ0v) is 16.0. The summed E-state index contributed by atoms with van der Waals surface area (Å²) in [6.45, 7) is 4.23. The van der Waals surface area contributed by atoms with Crippen molar-refractivity contribution in [3.8, 4) is 5.75 Å². The second kappa shape index (κ2) is 9.29. The van der Waals surface area contributed by atoms with E-state index >= 15 is 0 Å². The van der Waals surface area contributed by atoms with Crippen LogP contribution in [-0.4, -0.2) is 41.3 Å². The van der Waals surface area contributed by atoms with E-state index in [0.29, 0.717) is 18.0 Å². The van der Waals surface area contributed by atoms with Crippen LogP contribution >= 0.6 is 11.8 Å². The fraction of sp³-hybridized carbons (Fsp3) is 0.300. The van der Waals surface area contributed by atoms with E-state index in [2.05, 4.69) is 32.0 Å². The molecule has 0 heterocycles. The molecule has 0 bridgehead atoms. The Labute approximate surface area is 158 Å². The summed E-state index contributed by atoms with van der Waals surface area (Å²) in [4.78, 5) is 25.7. The molecule has 5 nitrogen and oxygen atoms in total. The van der Waals surface area contributed by atoms with Gasteiger partial charge in [0, 0.05) is 18.5 Å². The van der Waals surface area contributed by atoms with Crippen LogP contribution in [0, 0.1) is 13.8 Å². The molecular weight excluding hydrogens is 350 g/mol. The van der Waals surface area contributed by atoms with Crippen molar-refractivity contribution >= 4 is 23.6 Å².